The second-order valence-electron chi connectivity index (χ2n) is 7.48. The van der Waals surface area contributed by atoms with Gasteiger partial charge in [0, 0.05) is 17.0 Å². The highest BCUT2D eigenvalue weighted by atomic mass is 32.2. The number of amides is 1. The van der Waals surface area contributed by atoms with E-state index in [0.717, 1.165) is 22.4 Å². The van der Waals surface area contributed by atoms with Gasteiger partial charge >= 0.3 is 0 Å². The molecule has 4 rings (SSSR count). The molecule has 5 nitrogen and oxygen atoms in total. The average molecular weight is 447 g/mol. The maximum Gasteiger partial charge on any atom is 0.251 e. The molecule has 0 aliphatic rings. The Morgan fingerprint density at radius 1 is 0.969 bits per heavy atom. The van der Waals surface area contributed by atoms with Crippen LogP contribution in [0, 0.1) is 19.7 Å². The van der Waals surface area contributed by atoms with Gasteiger partial charge in [0.2, 0.25) is 0 Å². The summed E-state index contributed by atoms with van der Waals surface area (Å²) >= 11 is 1.51. The van der Waals surface area contributed by atoms with Crippen molar-refractivity contribution in [2.24, 2.45) is 0 Å². The molecule has 1 heterocycles. The average Bonchev–Trinajstić information content (AvgIpc) is 3.21. The van der Waals surface area contributed by atoms with Gasteiger partial charge in [0.15, 0.2) is 11.0 Å². The highest BCUT2D eigenvalue weighted by molar-refractivity contribution is 7.98. The molecule has 0 radical (unpaired) electrons. The van der Waals surface area contributed by atoms with Crippen LogP contribution in [0.2, 0.25) is 0 Å². The maximum atomic E-state index is 13.2. The van der Waals surface area contributed by atoms with Crippen molar-refractivity contribution >= 4 is 17.7 Å². The Morgan fingerprint density at radius 3 is 2.41 bits per heavy atom. The molecule has 7 heteroatoms. The second-order valence-corrected chi connectivity index (χ2v) is 8.43. The van der Waals surface area contributed by atoms with E-state index in [9.17, 15) is 9.18 Å². The van der Waals surface area contributed by atoms with Gasteiger partial charge in [-0.3, -0.25) is 9.36 Å². The van der Waals surface area contributed by atoms with Crippen molar-refractivity contribution in [1.82, 2.24) is 20.1 Å². The van der Waals surface area contributed by atoms with Crippen molar-refractivity contribution in [1.29, 1.82) is 0 Å². The Morgan fingerprint density at radius 2 is 1.69 bits per heavy atom. The predicted molar refractivity (Wildman–Crippen MR) is 124 cm³/mol. The molecule has 0 spiro atoms. The number of hydrogen-bond acceptors (Lipinski definition) is 4. The minimum atomic E-state index is -0.256. The van der Waals surface area contributed by atoms with Gasteiger partial charge in [0.1, 0.15) is 5.82 Å². The number of halogens is 1. The quantitative estimate of drug-likeness (QED) is 0.394. The monoisotopic (exact) mass is 446 g/mol. The summed E-state index contributed by atoms with van der Waals surface area (Å²) in [4.78, 5) is 12.7. The third-order valence-corrected chi connectivity index (χ3v) is 6.07. The number of carbonyl (C=O) groups excluding carboxylic acids is 1. The van der Waals surface area contributed by atoms with Crippen LogP contribution in [0.25, 0.3) is 5.69 Å². The lowest BCUT2D eigenvalue weighted by molar-refractivity contribution is 0.0949. The van der Waals surface area contributed by atoms with Crippen LogP contribution >= 0.6 is 11.8 Å². The first-order valence-electron chi connectivity index (χ1n) is 10.2. The number of rotatable bonds is 7. The van der Waals surface area contributed by atoms with Crippen molar-refractivity contribution in [2.75, 3.05) is 0 Å². The third-order valence-electron chi connectivity index (χ3n) is 5.07. The van der Waals surface area contributed by atoms with Gasteiger partial charge in [-0.1, -0.05) is 59.8 Å². The normalized spacial score (nSPS) is 10.8. The van der Waals surface area contributed by atoms with Gasteiger partial charge in [-0.2, -0.15) is 0 Å². The molecule has 1 N–H and O–H groups in total. The smallest absolute Gasteiger partial charge is 0.251 e. The van der Waals surface area contributed by atoms with Crippen LogP contribution < -0.4 is 5.32 Å². The van der Waals surface area contributed by atoms with Crippen LogP contribution in [0.3, 0.4) is 0 Å². The van der Waals surface area contributed by atoms with Crippen LogP contribution in [0.1, 0.15) is 32.9 Å². The molecule has 0 saturated carbocycles. The fourth-order valence-corrected chi connectivity index (χ4v) is 4.20. The van der Waals surface area contributed by atoms with E-state index in [1.54, 1.807) is 18.2 Å². The molecule has 1 amide bonds. The fraction of sp³-hybridized carbons (Fsp3) is 0.160. The van der Waals surface area contributed by atoms with Crippen LogP contribution in [-0.4, -0.2) is 20.7 Å². The molecule has 1 aromatic heterocycles. The fourth-order valence-electron chi connectivity index (χ4n) is 3.27. The number of nitrogens with one attached hydrogen (secondary N) is 1. The summed E-state index contributed by atoms with van der Waals surface area (Å²) in [7, 11) is 0. The Hall–Kier alpha value is -3.45. The molecule has 0 bridgehead atoms. The molecule has 32 heavy (non-hydrogen) atoms. The number of nitrogens with zero attached hydrogens (tertiary/aromatic N) is 3. The van der Waals surface area contributed by atoms with Gasteiger partial charge in [-0.15, -0.1) is 10.2 Å². The Labute approximate surface area is 190 Å². The first-order valence-corrected chi connectivity index (χ1v) is 11.2. The predicted octanol–water partition coefficient (Wildman–Crippen LogP) is 5.25. The van der Waals surface area contributed by atoms with Crippen molar-refractivity contribution in [3.05, 3.63) is 107 Å². The number of carbonyl (C=O) groups is 1. The molecular weight excluding hydrogens is 423 g/mol. The molecule has 0 unspecified atom stereocenters. The molecule has 0 aliphatic carbocycles. The SMILES string of the molecule is Cc1ccc(-n2c(CNC(=O)c3ccccc3C)nnc2SCc2ccc(F)cc2)cc1. The summed E-state index contributed by atoms with van der Waals surface area (Å²) in [6, 6.07) is 22.0. The van der Waals surface area contributed by atoms with E-state index in [-0.39, 0.29) is 18.3 Å². The minimum absolute atomic E-state index is 0.151. The maximum absolute atomic E-state index is 13.2. The summed E-state index contributed by atoms with van der Waals surface area (Å²) in [5, 5.41) is 12.4. The Balaban J connectivity index is 1.57. The van der Waals surface area contributed by atoms with Crippen molar-refractivity contribution in [2.45, 2.75) is 31.3 Å². The molecule has 4 aromatic rings. The minimum Gasteiger partial charge on any atom is -0.345 e. The lowest BCUT2D eigenvalue weighted by atomic mass is 10.1. The topological polar surface area (TPSA) is 59.8 Å². The summed E-state index contributed by atoms with van der Waals surface area (Å²) in [6.07, 6.45) is 0. The lowest BCUT2D eigenvalue weighted by Gasteiger charge is -2.12. The number of aromatic nitrogens is 3. The lowest BCUT2D eigenvalue weighted by Crippen LogP contribution is -2.25. The van der Waals surface area contributed by atoms with E-state index >= 15 is 0 Å². The van der Waals surface area contributed by atoms with Crippen LogP contribution in [-0.2, 0) is 12.3 Å². The van der Waals surface area contributed by atoms with Crippen LogP contribution in [0.5, 0.6) is 0 Å². The zero-order chi connectivity index (χ0) is 22.5. The second kappa shape index (κ2) is 9.78. The number of aryl methyl sites for hydroxylation is 2. The molecule has 0 atom stereocenters. The summed E-state index contributed by atoms with van der Waals surface area (Å²) in [6.45, 7) is 4.18. The molecular formula is C25H23FN4OS. The van der Waals surface area contributed by atoms with Crippen LogP contribution in [0.15, 0.2) is 78.0 Å². The standard InChI is InChI=1S/C25H23FN4OS/c1-17-7-13-21(14-8-17)30-23(15-27-24(31)22-6-4-3-5-18(22)2)28-29-25(30)32-16-19-9-11-20(26)12-10-19/h3-14H,15-16H2,1-2H3,(H,27,31). The summed E-state index contributed by atoms with van der Waals surface area (Å²) in [5.74, 6) is 0.854. The van der Waals surface area contributed by atoms with Crippen molar-refractivity contribution < 1.29 is 9.18 Å². The van der Waals surface area contributed by atoms with Gasteiger partial charge in [-0.05, 0) is 55.3 Å². The van der Waals surface area contributed by atoms with Gasteiger partial charge in [-0.25, -0.2) is 4.39 Å². The first kappa shape index (κ1) is 21.8. The summed E-state index contributed by atoms with van der Waals surface area (Å²) in [5.41, 5.74) is 4.61. The number of benzene rings is 3. The van der Waals surface area contributed by atoms with E-state index in [2.05, 4.69) is 15.5 Å². The zero-order valence-corrected chi connectivity index (χ0v) is 18.7. The highest BCUT2D eigenvalue weighted by Gasteiger charge is 2.16. The summed E-state index contributed by atoms with van der Waals surface area (Å²) < 4.78 is 15.2. The first-order chi connectivity index (χ1) is 15.5. The van der Waals surface area contributed by atoms with E-state index in [0.29, 0.717) is 22.3 Å². The molecule has 162 valence electrons. The molecule has 0 fully saturated rings. The van der Waals surface area contributed by atoms with Gasteiger partial charge in [0.25, 0.3) is 5.91 Å². The van der Waals surface area contributed by atoms with E-state index < -0.39 is 0 Å². The molecule has 0 aliphatic heterocycles. The Bertz CT molecular complexity index is 1220. The largest absolute Gasteiger partial charge is 0.345 e. The van der Waals surface area contributed by atoms with E-state index in [4.69, 9.17) is 0 Å². The van der Waals surface area contributed by atoms with Gasteiger partial charge in [0.05, 0.1) is 6.54 Å². The molecule has 0 saturated heterocycles. The van der Waals surface area contributed by atoms with Crippen molar-refractivity contribution in [3.8, 4) is 5.69 Å². The highest BCUT2D eigenvalue weighted by Crippen LogP contribution is 2.26. The number of thioether (sulfide) groups is 1. The van der Waals surface area contributed by atoms with Crippen LogP contribution in [0.4, 0.5) is 4.39 Å². The van der Waals surface area contributed by atoms with E-state index in [1.165, 1.54) is 23.9 Å². The van der Waals surface area contributed by atoms with Crippen molar-refractivity contribution in [3.63, 3.8) is 0 Å². The molecule has 3 aromatic carbocycles. The Kier molecular flexibility index (Phi) is 6.66. The van der Waals surface area contributed by atoms with E-state index in [1.807, 2.05) is 60.9 Å². The van der Waals surface area contributed by atoms with Gasteiger partial charge < -0.3 is 5.32 Å². The third kappa shape index (κ3) is 5.06. The number of hydrogen-bond donors (Lipinski definition) is 1. The zero-order valence-electron chi connectivity index (χ0n) is 17.9.